The molecule has 0 bridgehead atoms. The van der Waals surface area contributed by atoms with Crippen LogP contribution >= 0.6 is 0 Å². The lowest BCUT2D eigenvalue weighted by Gasteiger charge is -2.22. The van der Waals surface area contributed by atoms with Gasteiger partial charge < -0.3 is 14.6 Å². The van der Waals surface area contributed by atoms with Gasteiger partial charge in [-0.3, -0.25) is 4.79 Å². The van der Waals surface area contributed by atoms with Gasteiger partial charge in [-0.2, -0.15) is 0 Å². The molecule has 1 N–H and O–H groups in total. The molecule has 204 valence electrons. The average Bonchev–Trinajstić information content (AvgIpc) is 2.81. The molecule has 11 heteroatoms. The topological polar surface area (TPSA) is 119 Å². The van der Waals surface area contributed by atoms with Crippen LogP contribution in [0, 0.1) is 5.82 Å². The van der Waals surface area contributed by atoms with E-state index in [9.17, 15) is 22.7 Å². The second kappa shape index (κ2) is 13.6. The molecule has 0 unspecified atom stereocenters. The Balaban J connectivity index is 2.66. The zero-order valence-corrected chi connectivity index (χ0v) is 23.0. The van der Waals surface area contributed by atoms with Gasteiger partial charge in [-0.15, -0.1) is 0 Å². The van der Waals surface area contributed by atoms with E-state index < -0.39 is 34.0 Å². The molecule has 0 saturated carbocycles. The minimum absolute atomic E-state index is 0.00176. The maximum Gasteiger partial charge on any atom is 0.305 e. The highest BCUT2D eigenvalue weighted by molar-refractivity contribution is 7.92. The number of aliphatic carboxylic acids is 1. The Kier molecular flexibility index (Phi) is 11.1. The predicted octanol–water partition coefficient (Wildman–Crippen LogP) is 4.49. The van der Waals surface area contributed by atoms with Crippen LogP contribution in [0.25, 0.3) is 17.3 Å². The van der Waals surface area contributed by atoms with Crippen molar-refractivity contribution in [3.05, 3.63) is 47.4 Å². The maximum absolute atomic E-state index is 13.7. The fraction of sp³-hybridized carbons (Fsp3) is 0.500. The largest absolute Gasteiger partial charge is 0.481 e. The van der Waals surface area contributed by atoms with E-state index in [-0.39, 0.29) is 18.3 Å². The van der Waals surface area contributed by atoms with Crippen molar-refractivity contribution < 1.29 is 32.2 Å². The van der Waals surface area contributed by atoms with Gasteiger partial charge in [0.25, 0.3) is 0 Å². The van der Waals surface area contributed by atoms with E-state index in [4.69, 9.17) is 9.47 Å². The van der Waals surface area contributed by atoms with Gasteiger partial charge in [0.1, 0.15) is 5.82 Å². The van der Waals surface area contributed by atoms with Gasteiger partial charge in [0.15, 0.2) is 0 Å². The summed E-state index contributed by atoms with van der Waals surface area (Å²) in [5.41, 5.74) is 2.24. The molecular weight excluding hydrogens is 501 g/mol. The number of carboxylic acids is 1. The number of sulfonamides is 1. The van der Waals surface area contributed by atoms with Crippen LogP contribution < -0.4 is 4.31 Å². The molecule has 0 aliphatic carbocycles. The zero-order chi connectivity index (χ0) is 27.8. The number of halogens is 1. The highest BCUT2D eigenvalue weighted by atomic mass is 32.2. The number of aromatic nitrogens is 2. The van der Waals surface area contributed by atoms with Crippen molar-refractivity contribution in [2.75, 3.05) is 30.8 Å². The van der Waals surface area contributed by atoms with E-state index in [2.05, 4.69) is 9.97 Å². The number of hydrogen-bond donors (Lipinski definition) is 1. The van der Waals surface area contributed by atoms with Crippen molar-refractivity contribution in [2.24, 2.45) is 0 Å². The number of hydrogen-bond acceptors (Lipinski definition) is 7. The molecule has 0 radical (unpaired) electrons. The molecule has 0 saturated heterocycles. The van der Waals surface area contributed by atoms with Crippen LogP contribution in [0.4, 0.5) is 10.3 Å². The van der Waals surface area contributed by atoms with Gasteiger partial charge in [0.05, 0.1) is 36.3 Å². The quantitative estimate of drug-likeness (QED) is 0.374. The van der Waals surface area contributed by atoms with Crippen LogP contribution in [0.3, 0.4) is 0 Å². The summed E-state index contributed by atoms with van der Waals surface area (Å²) in [4.78, 5) is 20.4. The molecule has 0 amide bonds. The van der Waals surface area contributed by atoms with Crippen molar-refractivity contribution in [3.8, 4) is 11.3 Å². The molecule has 1 aromatic carbocycles. The molecular formula is C26H36FN3O6S. The van der Waals surface area contributed by atoms with Crippen LogP contribution in [0.15, 0.2) is 30.3 Å². The van der Waals surface area contributed by atoms with Crippen molar-refractivity contribution in [1.82, 2.24) is 9.97 Å². The van der Waals surface area contributed by atoms with Gasteiger partial charge in [-0.1, -0.05) is 26.0 Å². The number of carbonyl (C=O) groups is 1. The Morgan fingerprint density at radius 2 is 1.76 bits per heavy atom. The number of carboxylic acid groups (broad SMARTS) is 1. The molecule has 0 aliphatic heterocycles. The normalized spacial score (nSPS) is 13.7. The fourth-order valence-corrected chi connectivity index (χ4v) is 4.09. The fourth-order valence-electron chi connectivity index (χ4n) is 3.72. The van der Waals surface area contributed by atoms with Crippen molar-refractivity contribution in [3.63, 3.8) is 0 Å². The average molecular weight is 538 g/mol. The highest BCUT2D eigenvalue weighted by Crippen LogP contribution is 2.32. The molecule has 0 fully saturated rings. The lowest BCUT2D eigenvalue weighted by atomic mass is 9.97. The highest BCUT2D eigenvalue weighted by Gasteiger charge is 2.23. The van der Waals surface area contributed by atoms with E-state index in [1.807, 2.05) is 20.8 Å². The van der Waals surface area contributed by atoms with Gasteiger partial charge in [-0.05, 0) is 44.0 Å². The Hall–Kier alpha value is -2.89. The number of nitrogens with zero attached hydrogens (tertiary/aromatic N) is 3. The third-order valence-electron chi connectivity index (χ3n) is 5.57. The first-order valence-corrected chi connectivity index (χ1v) is 14.0. The monoisotopic (exact) mass is 537 g/mol. The molecule has 9 nitrogen and oxygen atoms in total. The molecule has 2 atom stereocenters. The van der Waals surface area contributed by atoms with Gasteiger partial charge in [0.2, 0.25) is 16.0 Å². The summed E-state index contributed by atoms with van der Waals surface area (Å²) in [6.45, 7) is 8.27. The van der Waals surface area contributed by atoms with E-state index in [1.54, 1.807) is 31.2 Å². The van der Waals surface area contributed by atoms with Crippen LogP contribution in [-0.4, -0.2) is 68.2 Å². The summed E-state index contributed by atoms with van der Waals surface area (Å²) < 4.78 is 50.6. The Bertz CT molecular complexity index is 1190. The van der Waals surface area contributed by atoms with Crippen molar-refractivity contribution >= 4 is 28.0 Å². The third-order valence-corrected chi connectivity index (χ3v) is 6.72. The first-order chi connectivity index (χ1) is 17.4. The zero-order valence-electron chi connectivity index (χ0n) is 22.1. The second-order valence-corrected chi connectivity index (χ2v) is 10.8. The van der Waals surface area contributed by atoms with Crippen molar-refractivity contribution in [1.29, 1.82) is 0 Å². The molecule has 1 aromatic heterocycles. The number of rotatable bonds is 14. The number of benzene rings is 1. The minimum Gasteiger partial charge on any atom is -0.481 e. The van der Waals surface area contributed by atoms with Gasteiger partial charge in [-0.25, -0.2) is 27.1 Å². The van der Waals surface area contributed by atoms with E-state index in [0.717, 1.165) is 10.6 Å². The summed E-state index contributed by atoms with van der Waals surface area (Å²) in [5.74, 6) is -1.48. The van der Waals surface area contributed by atoms with E-state index in [0.29, 0.717) is 42.1 Å². The van der Waals surface area contributed by atoms with Crippen LogP contribution in [0.5, 0.6) is 0 Å². The molecule has 0 aliphatic rings. The first-order valence-electron chi connectivity index (χ1n) is 12.1. The first kappa shape index (κ1) is 30.3. The van der Waals surface area contributed by atoms with Crippen LogP contribution in [-0.2, 0) is 24.3 Å². The standard InChI is InChI=1S/C26H36FN3O6S/c1-7-35-20(15-21(36-8-2)16-23(31)32)13-14-22-24(17(3)4)28-26(30(5)37(6,33)34)29-25(22)18-9-11-19(27)12-10-18/h9-14,17,20-21H,7-8,15-16H2,1-6H3,(H,31,32)/b14-13+/t20-,21-/m1/s1. The maximum atomic E-state index is 13.7. The van der Waals surface area contributed by atoms with E-state index >= 15 is 0 Å². The van der Waals surface area contributed by atoms with E-state index in [1.165, 1.54) is 19.2 Å². The molecule has 1 heterocycles. The van der Waals surface area contributed by atoms with Gasteiger partial charge in [0, 0.05) is 37.8 Å². The van der Waals surface area contributed by atoms with Crippen LogP contribution in [0.2, 0.25) is 0 Å². The molecule has 2 aromatic rings. The number of anilines is 1. The smallest absolute Gasteiger partial charge is 0.305 e. The lowest BCUT2D eigenvalue weighted by molar-refractivity contribution is -0.140. The Labute approximate surface area is 218 Å². The Morgan fingerprint density at radius 1 is 1.14 bits per heavy atom. The van der Waals surface area contributed by atoms with Crippen molar-refractivity contribution in [2.45, 2.75) is 58.7 Å². The second-order valence-electron chi connectivity index (χ2n) is 8.83. The summed E-state index contributed by atoms with van der Waals surface area (Å²) in [5, 5.41) is 9.24. The third kappa shape index (κ3) is 8.87. The van der Waals surface area contributed by atoms with Gasteiger partial charge >= 0.3 is 5.97 Å². The summed E-state index contributed by atoms with van der Waals surface area (Å²) in [7, 11) is -2.26. The predicted molar refractivity (Wildman–Crippen MR) is 141 cm³/mol. The Morgan fingerprint density at radius 3 is 2.27 bits per heavy atom. The molecule has 0 spiro atoms. The lowest BCUT2D eigenvalue weighted by Crippen LogP contribution is -2.27. The number of ether oxygens (including phenoxy) is 2. The minimum atomic E-state index is -3.63. The summed E-state index contributed by atoms with van der Waals surface area (Å²) in [6.07, 6.45) is 3.83. The molecule has 37 heavy (non-hydrogen) atoms. The van der Waals surface area contributed by atoms with Crippen LogP contribution in [0.1, 0.15) is 57.7 Å². The summed E-state index contributed by atoms with van der Waals surface area (Å²) >= 11 is 0. The molecule has 2 rings (SSSR count). The summed E-state index contributed by atoms with van der Waals surface area (Å²) in [6, 6.07) is 5.76. The SMILES string of the molecule is CCO[C@@H](CC(=O)O)C[C@@H](/C=C/c1c(-c2ccc(F)cc2)nc(N(C)S(C)(=O)=O)nc1C(C)C)OCC.